The van der Waals surface area contributed by atoms with E-state index < -0.39 is 11.8 Å². The third kappa shape index (κ3) is 1.99. The van der Waals surface area contributed by atoms with Crippen LogP contribution in [0.1, 0.15) is 31.8 Å². The lowest BCUT2D eigenvalue weighted by atomic mass is 10.1. The number of nitriles is 1. The molecule has 102 valence electrons. The van der Waals surface area contributed by atoms with Crippen LogP contribution in [0.5, 0.6) is 0 Å². The van der Waals surface area contributed by atoms with Crippen LogP contribution in [0.25, 0.3) is 0 Å². The summed E-state index contributed by atoms with van der Waals surface area (Å²) in [4.78, 5) is 25.9. The van der Waals surface area contributed by atoms with Gasteiger partial charge in [0.15, 0.2) is 0 Å². The normalized spacial score (nSPS) is 13.3. The molecule has 21 heavy (non-hydrogen) atoms. The highest BCUT2D eigenvalue weighted by Crippen LogP contribution is 2.34. The first kappa shape index (κ1) is 13.3. The summed E-state index contributed by atoms with van der Waals surface area (Å²) in [6.07, 6.45) is 0. The van der Waals surface area contributed by atoms with Crippen LogP contribution in [0.15, 0.2) is 36.4 Å². The van der Waals surface area contributed by atoms with Crippen LogP contribution in [0, 0.1) is 18.3 Å². The fourth-order valence-corrected chi connectivity index (χ4v) is 2.53. The Balaban J connectivity index is 2.17. The quantitative estimate of drug-likeness (QED) is 0.758. The maximum Gasteiger partial charge on any atom is 0.266 e. The maximum atomic E-state index is 12.5. The number of amides is 2. The van der Waals surface area contributed by atoms with E-state index >= 15 is 0 Å². The summed E-state index contributed by atoms with van der Waals surface area (Å²) < 4.78 is 0. The number of carbonyl (C=O) groups excluding carboxylic acids is 2. The largest absolute Gasteiger partial charge is 0.268 e. The van der Waals surface area contributed by atoms with Gasteiger partial charge in [0.25, 0.3) is 11.8 Å². The van der Waals surface area contributed by atoms with Crippen LogP contribution in [0.2, 0.25) is 5.02 Å². The molecule has 1 aliphatic heterocycles. The summed E-state index contributed by atoms with van der Waals surface area (Å²) in [6.45, 7) is 1.85. The van der Waals surface area contributed by atoms with Gasteiger partial charge in [-0.2, -0.15) is 5.26 Å². The van der Waals surface area contributed by atoms with E-state index in [4.69, 9.17) is 16.9 Å². The van der Waals surface area contributed by atoms with Crippen molar-refractivity contribution in [2.75, 3.05) is 4.90 Å². The summed E-state index contributed by atoms with van der Waals surface area (Å²) in [5.41, 5.74) is 2.18. The average molecular weight is 297 g/mol. The van der Waals surface area contributed by atoms with Gasteiger partial charge in [-0.05, 0) is 37.3 Å². The molecule has 1 heterocycles. The third-order valence-corrected chi connectivity index (χ3v) is 3.68. The van der Waals surface area contributed by atoms with Crippen LogP contribution in [-0.2, 0) is 0 Å². The zero-order valence-corrected chi connectivity index (χ0v) is 11.8. The fourth-order valence-electron chi connectivity index (χ4n) is 2.33. The lowest BCUT2D eigenvalue weighted by Crippen LogP contribution is -2.29. The van der Waals surface area contributed by atoms with Crippen molar-refractivity contribution in [3.8, 4) is 6.07 Å². The minimum Gasteiger partial charge on any atom is -0.268 e. The second-order valence-electron chi connectivity index (χ2n) is 4.77. The average Bonchev–Trinajstić information content (AvgIpc) is 2.71. The number of anilines is 1. The zero-order chi connectivity index (χ0) is 15.1. The van der Waals surface area contributed by atoms with Gasteiger partial charge in [0.1, 0.15) is 0 Å². The van der Waals surface area contributed by atoms with Crippen molar-refractivity contribution in [3.63, 3.8) is 0 Å². The Kier molecular flexibility index (Phi) is 3.00. The number of hydrogen-bond donors (Lipinski definition) is 0. The van der Waals surface area contributed by atoms with Gasteiger partial charge in [-0.15, -0.1) is 0 Å². The molecule has 1 aliphatic rings. The van der Waals surface area contributed by atoms with Crippen LogP contribution < -0.4 is 4.90 Å². The molecule has 2 aromatic carbocycles. The summed E-state index contributed by atoms with van der Waals surface area (Å²) in [5, 5.41) is 9.21. The number of carbonyl (C=O) groups is 2. The standard InChI is InChI=1S/C16H9ClN2O2/c1-9-2-4-11-12(6-9)16(21)19(15(11)20)14-7-10(8-18)3-5-13(14)17/h2-7H,1H3. The van der Waals surface area contributed by atoms with Crippen molar-refractivity contribution >= 4 is 29.1 Å². The summed E-state index contributed by atoms with van der Waals surface area (Å²) in [6, 6.07) is 11.5. The molecule has 4 nitrogen and oxygen atoms in total. The molecule has 0 spiro atoms. The van der Waals surface area contributed by atoms with E-state index in [1.54, 1.807) is 18.2 Å². The molecule has 3 rings (SSSR count). The number of rotatable bonds is 1. The first-order valence-electron chi connectivity index (χ1n) is 6.22. The van der Waals surface area contributed by atoms with E-state index in [2.05, 4.69) is 0 Å². The SMILES string of the molecule is Cc1ccc2c(c1)C(=O)N(c1cc(C#N)ccc1Cl)C2=O. The number of nitrogens with zero attached hydrogens (tertiary/aromatic N) is 2. The molecule has 2 amide bonds. The van der Waals surface area contributed by atoms with Gasteiger partial charge in [-0.25, -0.2) is 4.90 Å². The van der Waals surface area contributed by atoms with Crippen molar-refractivity contribution in [2.24, 2.45) is 0 Å². The molecule has 0 unspecified atom stereocenters. The van der Waals surface area contributed by atoms with Crippen molar-refractivity contribution in [3.05, 3.63) is 63.7 Å². The van der Waals surface area contributed by atoms with E-state index in [9.17, 15) is 9.59 Å². The van der Waals surface area contributed by atoms with E-state index in [1.165, 1.54) is 18.2 Å². The highest BCUT2D eigenvalue weighted by Gasteiger charge is 2.37. The Morgan fingerprint density at radius 1 is 1.05 bits per heavy atom. The predicted molar refractivity (Wildman–Crippen MR) is 78.5 cm³/mol. The summed E-state index contributed by atoms with van der Waals surface area (Å²) in [5.74, 6) is -0.845. The van der Waals surface area contributed by atoms with Gasteiger partial charge in [-0.1, -0.05) is 23.2 Å². The maximum absolute atomic E-state index is 12.5. The Hall–Kier alpha value is -2.64. The molecule has 0 N–H and O–H groups in total. The van der Waals surface area contributed by atoms with Gasteiger partial charge in [-0.3, -0.25) is 9.59 Å². The summed E-state index contributed by atoms with van der Waals surface area (Å²) >= 11 is 6.08. The lowest BCUT2D eigenvalue weighted by Gasteiger charge is -2.15. The fraction of sp³-hybridized carbons (Fsp3) is 0.0625. The highest BCUT2D eigenvalue weighted by molar-refractivity contribution is 6.39. The third-order valence-electron chi connectivity index (χ3n) is 3.36. The second-order valence-corrected chi connectivity index (χ2v) is 5.18. The smallest absolute Gasteiger partial charge is 0.266 e. The number of hydrogen-bond acceptors (Lipinski definition) is 3. The molecule has 0 fully saturated rings. The number of imide groups is 1. The highest BCUT2D eigenvalue weighted by atomic mass is 35.5. The number of aryl methyl sites for hydroxylation is 1. The molecule has 0 bridgehead atoms. The minimum atomic E-state index is -0.424. The van der Waals surface area contributed by atoms with Crippen molar-refractivity contribution in [1.82, 2.24) is 0 Å². The van der Waals surface area contributed by atoms with Crippen LogP contribution in [0.4, 0.5) is 5.69 Å². The molecule has 0 radical (unpaired) electrons. The first-order valence-corrected chi connectivity index (χ1v) is 6.60. The molecule has 0 saturated carbocycles. The van der Waals surface area contributed by atoms with Crippen molar-refractivity contribution in [1.29, 1.82) is 5.26 Å². The van der Waals surface area contributed by atoms with Gasteiger partial charge in [0.05, 0.1) is 33.5 Å². The van der Waals surface area contributed by atoms with E-state index in [-0.39, 0.29) is 10.7 Å². The van der Waals surface area contributed by atoms with Gasteiger partial charge >= 0.3 is 0 Å². The Labute approximate surface area is 126 Å². The predicted octanol–water partition coefficient (Wildman–Crippen LogP) is 3.32. The summed E-state index contributed by atoms with van der Waals surface area (Å²) in [7, 11) is 0. The molecule has 0 atom stereocenters. The Bertz CT molecular complexity index is 837. The first-order chi connectivity index (χ1) is 10.0. The second kappa shape index (κ2) is 4.72. The number of benzene rings is 2. The molecule has 2 aromatic rings. The van der Waals surface area contributed by atoms with Crippen LogP contribution >= 0.6 is 11.6 Å². The molecule has 0 saturated heterocycles. The zero-order valence-electron chi connectivity index (χ0n) is 11.1. The molecular weight excluding hydrogens is 288 g/mol. The Morgan fingerprint density at radius 3 is 2.48 bits per heavy atom. The molecular formula is C16H9ClN2O2. The van der Waals surface area contributed by atoms with Gasteiger partial charge in [0, 0.05) is 0 Å². The molecule has 0 aromatic heterocycles. The number of fused-ring (bicyclic) bond motifs is 1. The van der Waals surface area contributed by atoms with E-state index in [1.807, 2.05) is 13.0 Å². The van der Waals surface area contributed by atoms with Crippen molar-refractivity contribution in [2.45, 2.75) is 6.92 Å². The van der Waals surface area contributed by atoms with Crippen molar-refractivity contribution < 1.29 is 9.59 Å². The van der Waals surface area contributed by atoms with E-state index in [0.29, 0.717) is 16.7 Å². The Morgan fingerprint density at radius 2 is 1.76 bits per heavy atom. The minimum absolute atomic E-state index is 0.236. The van der Waals surface area contributed by atoms with Crippen LogP contribution in [-0.4, -0.2) is 11.8 Å². The van der Waals surface area contributed by atoms with Crippen LogP contribution in [0.3, 0.4) is 0 Å². The molecule has 5 heteroatoms. The van der Waals surface area contributed by atoms with Gasteiger partial charge < -0.3 is 0 Å². The molecule has 0 aliphatic carbocycles. The number of halogens is 1. The lowest BCUT2D eigenvalue weighted by molar-refractivity contribution is 0.0926. The van der Waals surface area contributed by atoms with Gasteiger partial charge in [0.2, 0.25) is 0 Å². The monoisotopic (exact) mass is 296 g/mol. The van der Waals surface area contributed by atoms with E-state index in [0.717, 1.165) is 10.5 Å². The topological polar surface area (TPSA) is 61.2 Å².